The summed E-state index contributed by atoms with van der Waals surface area (Å²) in [6, 6.07) is 0. The summed E-state index contributed by atoms with van der Waals surface area (Å²) in [6.45, 7) is 8.86. The summed E-state index contributed by atoms with van der Waals surface area (Å²) in [7, 11) is 0. The molecule has 0 aliphatic heterocycles. The van der Waals surface area contributed by atoms with Gasteiger partial charge in [0.05, 0.1) is 0 Å². The fraction of sp³-hybridized carbons (Fsp3) is 0.857. The smallest absolute Gasteiger partial charge is 0.219 e. The van der Waals surface area contributed by atoms with Crippen LogP contribution in [0.5, 0.6) is 0 Å². The van der Waals surface area contributed by atoms with Crippen molar-refractivity contribution in [2.24, 2.45) is 11.3 Å². The molecular formula is C14H24N2O. The van der Waals surface area contributed by atoms with Crippen LogP contribution in [-0.2, 0) is 0 Å². The van der Waals surface area contributed by atoms with Crippen LogP contribution in [0.3, 0.4) is 0 Å². The molecular weight excluding hydrogens is 212 g/mol. The molecule has 0 unspecified atom stereocenters. The first kappa shape index (κ1) is 12.6. The summed E-state index contributed by atoms with van der Waals surface area (Å²) >= 11 is 0. The topological polar surface area (TPSA) is 38.9 Å². The molecule has 3 heteroatoms. The number of hydrogen-bond acceptors (Lipinski definition) is 3. The maximum absolute atomic E-state index is 5.54. The highest BCUT2D eigenvalue weighted by atomic mass is 16.4. The summed E-state index contributed by atoms with van der Waals surface area (Å²) in [5.41, 5.74) is 0.457. The third-order valence-electron chi connectivity index (χ3n) is 3.64. The summed E-state index contributed by atoms with van der Waals surface area (Å²) in [6.07, 6.45) is 6.38. The van der Waals surface area contributed by atoms with Crippen LogP contribution in [0.25, 0.3) is 0 Å². The minimum atomic E-state index is 0.457. The minimum absolute atomic E-state index is 0.457. The van der Waals surface area contributed by atoms with E-state index >= 15 is 0 Å². The first-order valence-electron chi connectivity index (χ1n) is 6.74. The Bertz CT molecular complexity index is 357. The molecule has 1 fully saturated rings. The number of aromatic nitrogens is 2. The number of hydrogen-bond donors (Lipinski definition) is 0. The van der Waals surface area contributed by atoms with Crippen molar-refractivity contribution in [2.45, 2.75) is 65.7 Å². The molecule has 3 nitrogen and oxygen atoms in total. The van der Waals surface area contributed by atoms with E-state index in [0.717, 1.165) is 11.8 Å². The van der Waals surface area contributed by atoms with E-state index in [1.165, 1.54) is 32.1 Å². The van der Waals surface area contributed by atoms with Crippen molar-refractivity contribution in [1.29, 1.82) is 0 Å². The van der Waals surface area contributed by atoms with Gasteiger partial charge in [-0.15, -0.1) is 10.2 Å². The van der Waals surface area contributed by atoms with E-state index in [4.69, 9.17) is 4.42 Å². The number of aryl methyl sites for hydroxylation is 1. The van der Waals surface area contributed by atoms with Gasteiger partial charge in [-0.1, -0.05) is 20.8 Å². The highest BCUT2D eigenvalue weighted by Crippen LogP contribution is 2.39. The minimum Gasteiger partial charge on any atom is -0.425 e. The van der Waals surface area contributed by atoms with E-state index < -0.39 is 0 Å². The molecule has 0 bridgehead atoms. The maximum Gasteiger partial charge on any atom is 0.219 e. The lowest BCUT2D eigenvalue weighted by Gasteiger charge is -2.31. The molecule has 0 aromatic carbocycles. The van der Waals surface area contributed by atoms with E-state index in [0.29, 0.717) is 17.2 Å². The monoisotopic (exact) mass is 236 g/mol. The Kier molecular flexibility index (Phi) is 3.55. The van der Waals surface area contributed by atoms with Gasteiger partial charge in [-0.25, -0.2) is 0 Å². The van der Waals surface area contributed by atoms with Crippen molar-refractivity contribution < 1.29 is 4.42 Å². The molecule has 1 aliphatic rings. The van der Waals surface area contributed by atoms with Crippen molar-refractivity contribution in [3.8, 4) is 0 Å². The zero-order chi connectivity index (χ0) is 12.5. The van der Waals surface area contributed by atoms with Crippen molar-refractivity contribution in [3.63, 3.8) is 0 Å². The van der Waals surface area contributed by atoms with Crippen LogP contribution in [0.2, 0.25) is 0 Å². The lowest BCUT2D eigenvalue weighted by Crippen LogP contribution is -2.19. The molecule has 0 radical (unpaired) electrons. The number of nitrogens with zero attached hydrogens (tertiary/aromatic N) is 2. The zero-order valence-corrected chi connectivity index (χ0v) is 11.5. The quantitative estimate of drug-likeness (QED) is 0.776. The molecule has 1 heterocycles. The van der Waals surface area contributed by atoms with Crippen molar-refractivity contribution >= 4 is 0 Å². The molecule has 1 aromatic heterocycles. The fourth-order valence-corrected chi connectivity index (χ4v) is 2.96. The second-order valence-electron chi connectivity index (χ2n) is 6.64. The SMILES string of the molecule is Cc1nnc([C@H]2CC[C@H](CC(C)(C)C)CC2)o1. The molecule has 1 saturated carbocycles. The highest BCUT2D eigenvalue weighted by Gasteiger charge is 2.28. The first-order valence-corrected chi connectivity index (χ1v) is 6.74. The van der Waals surface area contributed by atoms with Crippen molar-refractivity contribution in [2.75, 3.05) is 0 Å². The van der Waals surface area contributed by atoms with Crippen LogP contribution in [-0.4, -0.2) is 10.2 Å². The molecule has 0 N–H and O–H groups in total. The second-order valence-corrected chi connectivity index (χ2v) is 6.64. The molecule has 17 heavy (non-hydrogen) atoms. The Hall–Kier alpha value is -0.860. The van der Waals surface area contributed by atoms with Crippen molar-refractivity contribution in [1.82, 2.24) is 10.2 Å². The van der Waals surface area contributed by atoms with Gasteiger partial charge in [-0.3, -0.25) is 0 Å². The van der Waals surface area contributed by atoms with Crippen molar-refractivity contribution in [3.05, 3.63) is 11.8 Å². The van der Waals surface area contributed by atoms with Crippen LogP contribution in [0.1, 0.15) is 70.6 Å². The lowest BCUT2D eigenvalue weighted by atomic mass is 9.74. The lowest BCUT2D eigenvalue weighted by molar-refractivity contribution is 0.217. The van der Waals surface area contributed by atoms with Gasteiger partial charge in [-0.2, -0.15) is 0 Å². The molecule has 0 saturated heterocycles. The summed E-state index contributed by atoms with van der Waals surface area (Å²) in [4.78, 5) is 0. The van der Waals surface area contributed by atoms with E-state index in [1.54, 1.807) is 0 Å². The largest absolute Gasteiger partial charge is 0.425 e. The number of rotatable bonds is 2. The molecule has 0 amide bonds. The molecule has 96 valence electrons. The average molecular weight is 236 g/mol. The highest BCUT2D eigenvalue weighted by molar-refractivity contribution is 4.94. The van der Waals surface area contributed by atoms with Gasteiger partial charge in [0.2, 0.25) is 11.8 Å². The van der Waals surface area contributed by atoms with Crippen LogP contribution in [0.15, 0.2) is 4.42 Å². The standard InChI is InChI=1S/C14H24N2O/c1-10-15-16-13(17-10)12-7-5-11(6-8-12)9-14(2,3)4/h11-12H,5-9H2,1-4H3/t11-,12-. The van der Waals surface area contributed by atoms with Gasteiger partial charge in [0.25, 0.3) is 0 Å². The third-order valence-corrected chi connectivity index (χ3v) is 3.64. The summed E-state index contributed by atoms with van der Waals surface area (Å²) in [5.74, 6) is 2.94. The summed E-state index contributed by atoms with van der Waals surface area (Å²) < 4.78 is 5.54. The Labute approximate surface area is 104 Å². The predicted octanol–water partition coefficient (Wildman–Crippen LogP) is 4.09. The van der Waals surface area contributed by atoms with Gasteiger partial charge in [0.1, 0.15) is 0 Å². The normalized spacial score (nSPS) is 26.1. The Morgan fingerprint density at radius 1 is 1.12 bits per heavy atom. The molecule has 1 aliphatic carbocycles. The van der Waals surface area contributed by atoms with Gasteiger partial charge < -0.3 is 4.42 Å². The van der Waals surface area contributed by atoms with Crippen LogP contribution < -0.4 is 0 Å². The fourth-order valence-electron chi connectivity index (χ4n) is 2.96. The Morgan fingerprint density at radius 3 is 2.24 bits per heavy atom. The van der Waals surface area contributed by atoms with E-state index in [1.807, 2.05) is 6.92 Å². The zero-order valence-electron chi connectivity index (χ0n) is 11.5. The van der Waals surface area contributed by atoms with E-state index in [9.17, 15) is 0 Å². The van der Waals surface area contributed by atoms with E-state index in [2.05, 4.69) is 31.0 Å². The van der Waals surface area contributed by atoms with E-state index in [-0.39, 0.29) is 0 Å². The predicted molar refractivity (Wildman–Crippen MR) is 67.8 cm³/mol. The Balaban J connectivity index is 1.86. The van der Waals surface area contributed by atoms with Gasteiger partial charge in [0, 0.05) is 12.8 Å². The molecule has 0 spiro atoms. The van der Waals surface area contributed by atoms with Crippen LogP contribution in [0, 0.1) is 18.3 Å². The maximum atomic E-state index is 5.54. The van der Waals surface area contributed by atoms with Gasteiger partial charge in [-0.05, 0) is 43.4 Å². The first-order chi connectivity index (χ1) is 7.94. The van der Waals surface area contributed by atoms with Gasteiger partial charge >= 0.3 is 0 Å². The summed E-state index contributed by atoms with van der Waals surface area (Å²) in [5, 5.41) is 8.08. The van der Waals surface area contributed by atoms with Gasteiger partial charge in [0.15, 0.2) is 0 Å². The second kappa shape index (κ2) is 4.79. The third kappa shape index (κ3) is 3.55. The van der Waals surface area contributed by atoms with Crippen LogP contribution in [0.4, 0.5) is 0 Å². The average Bonchev–Trinajstić information content (AvgIpc) is 2.63. The molecule has 0 atom stereocenters. The van der Waals surface area contributed by atoms with Crippen LogP contribution >= 0.6 is 0 Å². The molecule has 1 aromatic rings. The molecule has 2 rings (SSSR count). The Morgan fingerprint density at radius 2 is 1.76 bits per heavy atom.